The van der Waals surface area contributed by atoms with Crippen LogP contribution in [0.2, 0.25) is 5.02 Å². The second kappa shape index (κ2) is 5.23. The molecule has 0 saturated heterocycles. The minimum atomic E-state index is -0.156. The molecule has 0 bridgehead atoms. The number of hydrogen-bond donors (Lipinski definition) is 1. The number of halogens is 1. The number of nitrogens with zero attached hydrogens (tertiary/aromatic N) is 2. The number of nitrogens with one attached hydrogen (secondary N) is 1. The van der Waals surface area contributed by atoms with E-state index < -0.39 is 0 Å². The van der Waals surface area contributed by atoms with Gasteiger partial charge in [0.1, 0.15) is 0 Å². The highest BCUT2D eigenvalue weighted by Crippen LogP contribution is 2.23. The Kier molecular flexibility index (Phi) is 3.67. The summed E-state index contributed by atoms with van der Waals surface area (Å²) in [6.07, 6.45) is 3.21. The Hall–Kier alpha value is -1.81. The van der Waals surface area contributed by atoms with Crippen molar-refractivity contribution in [2.75, 3.05) is 5.32 Å². The standard InChI is InChI=1S/C13H14ClN3O/c1-9(10-5-3-4-6-11(10)14)16-12-13(18)17(2)8-7-15-12/h3-9H,1-2H3,(H,15,16). The second-order valence-corrected chi connectivity index (χ2v) is 4.49. The normalized spacial score (nSPS) is 12.2. The fraction of sp³-hybridized carbons (Fsp3) is 0.231. The minimum Gasteiger partial charge on any atom is -0.359 e. The number of hydrogen-bond acceptors (Lipinski definition) is 3. The van der Waals surface area contributed by atoms with Crippen LogP contribution >= 0.6 is 11.6 Å². The van der Waals surface area contributed by atoms with Crippen LogP contribution in [0.1, 0.15) is 18.5 Å². The summed E-state index contributed by atoms with van der Waals surface area (Å²) in [5.41, 5.74) is 0.781. The van der Waals surface area contributed by atoms with E-state index in [4.69, 9.17) is 11.6 Å². The third-order valence-electron chi connectivity index (χ3n) is 2.74. The molecule has 2 rings (SSSR count). The molecule has 0 aliphatic carbocycles. The van der Waals surface area contributed by atoms with E-state index in [9.17, 15) is 4.79 Å². The maximum atomic E-state index is 11.8. The molecule has 2 aromatic rings. The summed E-state index contributed by atoms with van der Waals surface area (Å²) >= 11 is 6.11. The first-order chi connectivity index (χ1) is 8.59. The average Bonchev–Trinajstić information content (AvgIpc) is 2.35. The summed E-state index contributed by atoms with van der Waals surface area (Å²) in [7, 11) is 1.69. The molecule has 1 heterocycles. The molecule has 1 atom stereocenters. The highest BCUT2D eigenvalue weighted by Gasteiger charge is 2.11. The number of rotatable bonds is 3. The van der Waals surface area contributed by atoms with Gasteiger partial charge in [-0.25, -0.2) is 4.98 Å². The molecule has 1 N–H and O–H groups in total. The Morgan fingerprint density at radius 3 is 2.83 bits per heavy atom. The van der Waals surface area contributed by atoms with Crippen LogP contribution in [-0.2, 0) is 7.05 Å². The van der Waals surface area contributed by atoms with Crippen LogP contribution in [-0.4, -0.2) is 9.55 Å². The van der Waals surface area contributed by atoms with E-state index in [-0.39, 0.29) is 11.6 Å². The van der Waals surface area contributed by atoms with Gasteiger partial charge in [0, 0.05) is 24.5 Å². The highest BCUT2D eigenvalue weighted by atomic mass is 35.5. The molecule has 5 heteroatoms. The van der Waals surface area contributed by atoms with Crippen LogP contribution in [0.25, 0.3) is 0 Å². The van der Waals surface area contributed by atoms with Crippen LogP contribution in [0.5, 0.6) is 0 Å². The highest BCUT2D eigenvalue weighted by molar-refractivity contribution is 6.31. The molecule has 1 aromatic heterocycles. The Morgan fingerprint density at radius 2 is 2.11 bits per heavy atom. The summed E-state index contributed by atoms with van der Waals surface area (Å²) in [6, 6.07) is 7.45. The number of aromatic nitrogens is 2. The lowest BCUT2D eigenvalue weighted by molar-refractivity contribution is 0.813. The van der Waals surface area contributed by atoms with Crippen molar-refractivity contribution in [3.8, 4) is 0 Å². The largest absolute Gasteiger partial charge is 0.359 e. The van der Waals surface area contributed by atoms with Crippen molar-refractivity contribution in [3.63, 3.8) is 0 Å². The van der Waals surface area contributed by atoms with Crippen molar-refractivity contribution >= 4 is 17.4 Å². The zero-order valence-electron chi connectivity index (χ0n) is 10.2. The second-order valence-electron chi connectivity index (χ2n) is 4.08. The zero-order chi connectivity index (χ0) is 13.1. The monoisotopic (exact) mass is 263 g/mol. The Morgan fingerprint density at radius 1 is 1.39 bits per heavy atom. The molecule has 0 aliphatic rings. The topological polar surface area (TPSA) is 46.9 Å². The van der Waals surface area contributed by atoms with Gasteiger partial charge in [-0.2, -0.15) is 0 Å². The molecule has 0 fully saturated rings. The maximum Gasteiger partial charge on any atom is 0.293 e. The van der Waals surface area contributed by atoms with E-state index in [1.54, 1.807) is 19.4 Å². The fourth-order valence-corrected chi connectivity index (χ4v) is 2.01. The van der Waals surface area contributed by atoms with Crippen molar-refractivity contribution in [2.45, 2.75) is 13.0 Å². The number of anilines is 1. The van der Waals surface area contributed by atoms with Gasteiger partial charge in [0.05, 0.1) is 6.04 Å². The summed E-state index contributed by atoms with van der Waals surface area (Å²) in [5, 5.41) is 3.75. The van der Waals surface area contributed by atoms with Crippen LogP contribution in [0.4, 0.5) is 5.82 Å². The van der Waals surface area contributed by atoms with Crippen molar-refractivity contribution in [3.05, 3.63) is 57.6 Å². The van der Waals surface area contributed by atoms with Gasteiger partial charge in [-0.05, 0) is 18.6 Å². The molecule has 0 aliphatic heterocycles. The van der Waals surface area contributed by atoms with Gasteiger partial charge in [0.15, 0.2) is 5.82 Å². The lowest BCUT2D eigenvalue weighted by Gasteiger charge is -2.15. The van der Waals surface area contributed by atoms with Crippen LogP contribution in [0.3, 0.4) is 0 Å². The van der Waals surface area contributed by atoms with E-state index in [0.29, 0.717) is 10.8 Å². The average molecular weight is 264 g/mol. The molecule has 0 spiro atoms. The minimum absolute atomic E-state index is 0.0821. The van der Waals surface area contributed by atoms with E-state index in [2.05, 4.69) is 10.3 Å². The first-order valence-corrected chi connectivity index (χ1v) is 6.00. The van der Waals surface area contributed by atoms with Crippen LogP contribution < -0.4 is 10.9 Å². The van der Waals surface area contributed by atoms with Gasteiger partial charge in [-0.1, -0.05) is 29.8 Å². The SMILES string of the molecule is CC(Nc1nccn(C)c1=O)c1ccccc1Cl. The lowest BCUT2D eigenvalue weighted by Crippen LogP contribution is -2.23. The summed E-state index contributed by atoms with van der Waals surface area (Å²) < 4.78 is 1.48. The summed E-state index contributed by atoms with van der Waals surface area (Å²) in [5.74, 6) is 0.326. The molecule has 1 unspecified atom stereocenters. The third-order valence-corrected chi connectivity index (χ3v) is 3.09. The first kappa shape index (κ1) is 12.6. The van der Waals surface area contributed by atoms with Gasteiger partial charge in [0.25, 0.3) is 5.56 Å². The first-order valence-electron chi connectivity index (χ1n) is 5.62. The van der Waals surface area contributed by atoms with E-state index in [0.717, 1.165) is 5.56 Å². The van der Waals surface area contributed by atoms with Gasteiger partial charge >= 0.3 is 0 Å². The molecule has 94 valence electrons. The molecular weight excluding hydrogens is 250 g/mol. The summed E-state index contributed by atoms with van der Waals surface area (Å²) in [4.78, 5) is 15.9. The molecule has 18 heavy (non-hydrogen) atoms. The molecular formula is C13H14ClN3O. The van der Waals surface area contributed by atoms with Crippen molar-refractivity contribution in [1.82, 2.24) is 9.55 Å². The van der Waals surface area contributed by atoms with E-state index >= 15 is 0 Å². The molecule has 0 saturated carbocycles. The Labute approximate surface area is 110 Å². The third kappa shape index (κ3) is 2.54. The van der Waals surface area contributed by atoms with Crippen molar-refractivity contribution in [2.24, 2.45) is 7.05 Å². The van der Waals surface area contributed by atoms with E-state index in [1.165, 1.54) is 4.57 Å². The smallest absolute Gasteiger partial charge is 0.293 e. The van der Waals surface area contributed by atoms with Crippen LogP contribution in [0, 0.1) is 0 Å². The molecule has 0 amide bonds. The molecule has 1 aromatic carbocycles. The quantitative estimate of drug-likeness (QED) is 0.926. The Bertz CT molecular complexity index is 609. The molecule has 4 nitrogen and oxygen atoms in total. The van der Waals surface area contributed by atoms with E-state index in [1.807, 2.05) is 31.2 Å². The maximum absolute atomic E-state index is 11.8. The van der Waals surface area contributed by atoms with Gasteiger partial charge in [-0.3, -0.25) is 4.79 Å². The van der Waals surface area contributed by atoms with Gasteiger partial charge in [0.2, 0.25) is 0 Å². The van der Waals surface area contributed by atoms with Gasteiger partial charge in [-0.15, -0.1) is 0 Å². The van der Waals surface area contributed by atoms with Gasteiger partial charge < -0.3 is 9.88 Å². The van der Waals surface area contributed by atoms with Crippen molar-refractivity contribution < 1.29 is 0 Å². The van der Waals surface area contributed by atoms with Crippen LogP contribution in [0.15, 0.2) is 41.5 Å². The summed E-state index contributed by atoms with van der Waals surface area (Å²) in [6.45, 7) is 1.94. The Balaban J connectivity index is 2.27. The number of aryl methyl sites for hydroxylation is 1. The number of benzene rings is 1. The predicted octanol–water partition coefficient (Wildman–Crippen LogP) is 2.61. The predicted molar refractivity (Wildman–Crippen MR) is 73.0 cm³/mol. The fourth-order valence-electron chi connectivity index (χ4n) is 1.71. The lowest BCUT2D eigenvalue weighted by atomic mass is 10.1. The zero-order valence-corrected chi connectivity index (χ0v) is 11.0. The molecule has 0 radical (unpaired) electrons. The van der Waals surface area contributed by atoms with Crippen molar-refractivity contribution in [1.29, 1.82) is 0 Å².